The lowest BCUT2D eigenvalue weighted by atomic mass is 9.86. The molecule has 2 N–H and O–H groups in total. The second-order valence-electron chi connectivity index (χ2n) is 6.11. The highest BCUT2D eigenvalue weighted by Crippen LogP contribution is 2.27. The van der Waals surface area contributed by atoms with E-state index in [9.17, 15) is 15.0 Å². The normalized spacial score (nSPS) is 30.2. The van der Waals surface area contributed by atoms with Gasteiger partial charge in [-0.25, -0.2) is 0 Å². The first-order valence-electron chi connectivity index (χ1n) is 7.79. The summed E-state index contributed by atoms with van der Waals surface area (Å²) in [5.74, 6) is 0.105. The molecular weight excluding hydrogens is 304 g/mol. The molecule has 0 spiro atoms. The van der Waals surface area contributed by atoms with E-state index < -0.39 is 6.10 Å². The number of amides is 1. The van der Waals surface area contributed by atoms with E-state index in [1.54, 1.807) is 10.4 Å². The molecule has 0 bridgehead atoms. The second-order valence-corrected chi connectivity index (χ2v) is 6.92. The molecule has 1 aromatic heterocycles. The summed E-state index contributed by atoms with van der Waals surface area (Å²) >= 11 is 1.44. The molecule has 1 aliphatic carbocycles. The first-order valence-corrected chi connectivity index (χ1v) is 8.67. The molecule has 1 aromatic rings. The zero-order valence-corrected chi connectivity index (χ0v) is 13.3. The standard InChI is InChI=1S/C14H22N4O3S/c19-11-3-1-10(2-4-11)13(21)17-5-6-18(8-12(20)7-17)14-16-15-9-22-14/h9-12,19-20H,1-8H2. The number of aliphatic hydroxyl groups is 2. The van der Waals surface area contributed by atoms with Crippen LogP contribution >= 0.6 is 11.3 Å². The Balaban J connectivity index is 1.61. The zero-order chi connectivity index (χ0) is 15.5. The van der Waals surface area contributed by atoms with E-state index in [2.05, 4.69) is 10.2 Å². The van der Waals surface area contributed by atoms with Gasteiger partial charge in [-0.3, -0.25) is 4.79 Å². The van der Waals surface area contributed by atoms with Crippen molar-refractivity contribution in [3.8, 4) is 0 Å². The Morgan fingerprint density at radius 1 is 1.14 bits per heavy atom. The average molecular weight is 326 g/mol. The molecule has 1 aliphatic heterocycles. The number of nitrogens with zero attached hydrogens (tertiary/aromatic N) is 4. The Hall–Kier alpha value is -1.25. The van der Waals surface area contributed by atoms with Crippen molar-refractivity contribution < 1.29 is 15.0 Å². The number of carbonyl (C=O) groups excluding carboxylic acids is 1. The molecule has 1 atom stereocenters. The van der Waals surface area contributed by atoms with Gasteiger partial charge in [0.25, 0.3) is 0 Å². The number of anilines is 1. The fourth-order valence-corrected chi connectivity index (χ4v) is 3.85. The van der Waals surface area contributed by atoms with Crippen molar-refractivity contribution in [2.75, 3.05) is 31.1 Å². The minimum absolute atomic E-state index is 0.0105. The fraction of sp³-hybridized carbons (Fsp3) is 0.786. The van der Waals surface area contributed by atoms with Crippen LogP contribution in [0.15, 0.2) is 5.51 Å². The van der Waals surface area contributed by atoms with Gasteiger partial charge in [-0.15, -0.1) is 10.2 Å². The molecule has 1 unspecified atom stereocenters. The summed E-state index contributed by atoms with van der Waals surface area (Å²) in [5.41, 5.74) is 1.67. The van der Waals surface area contributed by atoms with Gasteiger partial charge in [-0.2, -0.15) is 0 Å². The van der Waals surface area contributed by atoms with Gasteiger partial charge >= 0.3 is 0 Å². The predicted octanol–water partition coefficient (Wildman–Crippen LogP) is 0.0987. The largest absolute Gasteiger partial charge is 0.393 e. The van der Waals surface area contributed by atoms with Gasteiger partial charge in [0.1, 0.15) is 5.51 Å². The Bertz CT molecular complexity index is 490. The summed E-state index contributed by atoms with van der Waals surface area (Å²) < 4.78 is 0. The smallest absolute Gasteiger partial charge is 0.225 e. The maximum absolute atomic E-state index is 12.6. The highest BCUT2D eigenvalue weighted by Gasteiger charge is 2.32. The summed E-state index contributed by atoms with van der Waals surface area (Å²) in [5, 5.41) is 28.4. The zero-order valence-electron chi connectivity index (χ0n) is 12.5. The van der Waals surface area contributed by atoms with Gasteiger partial charge in [-0.1, -0.05) is 11.3 Å². The molecule has 0 radical (unpaired) electrons. The minimum Gasteiger partial charge on any atom is -0.393 e. The molecule has 2 heterocycles. The van der Waals surface area contributed by atoms with E-state index in [-0.39, 0.29) is 17.9 Å². The molecule has 8 heteroatoms. The summed E-state index contributed by atoms with van der Waals surface area (Å²) in [6.07, 6.45) is 2.04. The van der Waals surface area contributed by atoms with Crippen LogP contribution in [0.2, 0.25) is 0 Å². The number of hydrogen-bond donors (Lipinski definition) is 2. The number of rotatable bonds is 2. The molecule has 1 saturated carbocycles. The van der Waals surface area contributed by atoms with E-state index in [4.69, 9.17) is 0 Å². The fourth-order valence-electron chi connectivity index (χ4n) is 3.25. The Morgan fingerprint density at radius 3 is 2.59 bits per heavy atom. The molecule has 1 amide bonds. The van der Waals surface area contributed by atoms with Crippen molar-refractivity contribution in [1.29, 1.82) is 0 Å². The third kappa shape index (κ3) is 3.56. The van der Waals surface area contributed by atoms with Crippen LogP contribution in [-0.4, -0.2) is 69.6 Å². The van der Waals surface area contributed by atoms with Gasteiger partial charge in [0.2, 0.25) is 11.0 Å². The van der Waals surface area contributed by atoms with Crippen LogP contribution in [0.4, 0.5) is 5.13 Å². The molecule has 3 rings (SSSR count). The lowest BCUT2D eigenvalue weighted by molar-refractivity contribution is -0.138. The SMILES string of the molecule is O=C(C1CCC(O)CC1)N1CCN(c2nncs2)CC(O)C1. The second kappa shape index (κ2) is 6.89. The van der Waals surface area contributed by atoms with Crippen LogP contribution in [0.1, 0.15) is 25.7 Å². The Morgan fingerprint density at radius 2 is 1.91 bits per heavy atom. The highest BCUT2D eigenvalue weighted by molar-refractivity contribution is 7.13. The molecule has 1 saturated heterocycles. The topological polar surface area (TPSA) is 89.8 Å². The van der Waals surface area contributed by atoms with Crippen molar-refractivity contribution in [3.05, 3.63) is 5.51 Å². The predicted molar refractivity (Wildman–Crippen MR) is 82.7 cm³/mol. The van der Waals surface area contributed by atoms with Gasteiger partial charge < -0.3 is 20.0 Å². The van der Waals surface area contributed by atoms with Crippen LogP contribution in [0.25, 0.3) is 0 Å². The summed E-state index contributed by atoms with van der Waals surface area (Å²) in [6.45, 7) is 2.09. The summed E-state index contributed by atoms with van der Waals surface area (Å²) in [6, 6.07) is 0. The van der Waals surface area contributed by atoms with E-state index in [1.807, 2.05) is 4.90 Å². The lowest BCUT2D eigenvalue weighted by Crippen LogP contribution is -2.42. The summed E-state index contributed by atoms with van der Waals surface area (Å²) in [4.78, 5) is 16.4. The number of hydrogen-bond acceptors (Lipinski definition) is 7. The van der Waals surface area contributed by atoms with E-state index in [0.717, 1.165) is 18.0 Å². The molecule has 22 heavy (non-hydrogen) atoms. The van der Waals surface area contributed by atoms with E-state index in [0.29, 0.717) is 39.0 Å². The Kier molecular flexibility index (Phi) is 4.90. The van der Waals surface area contributed by atoms with E-state index >= 15 is 0 Å². The van der Waals surface area contributed by atoms with Crippen molar-refractivity contribution in [2.24, 2.45) is 5.92 Å². The van der Waals surface area contributed by atoms with Crippen LogP contribution in [0.3, 0.4) is 0 Å². The lowest BCUT2D eigenvalue weighted by Gasteiger charge is -2.30. The number of aromatic nitrogens is 2. The first-order chi connectivity index (χ1) is 10.6. The molecule has 2 fully saturated rings. The first kappa shape index (κ1) is 15.6. The number of aliphatic hydroxyl groups excluding tert-OH is 2. The molecule has 0 aromatic carbocycles. The van der Waals surface area contributed by atoms with E-state index in [1.165, 1.54) is 11.3 Å². The highest BCUT2D eigenvalue weighted by atomic mass is 32.1. The van der Waals surface area contributed by atoms with Crippen LogP contribution in [0.5, 0.6) is 0 Å². The maximum Gasteiger partial charge on any atom is 0.225 e. The Labute approximate surface area is 133 Å². The minimum atomic E-state index is -0.579. The van der Waals surface area contributed by atoms with Crippen molar-refractivity contribution in [2.45, 2.75) is 37.9 Å². The van der Waals surface area contributed by atoms with Crippen molar-refractivity contribution in [1.82, 2.24) is 15.1 Å². The van der Waals surface area contributed by atoms with Gasteiger partial charge in [0, 0.05) is 32.1 Å². The molecule has 2 aliphatic rings. The quantitative estimate of drug-likeness (QED) is 0.801. The third-order valence-corrected chi connectivity index (χ3v) is 5.23. The van der Waals surface area contributed by atoms with Crippen molar-refractivity contribution >= 4 is 22.4 Å². The van der Waals surface area contributed by atoms with Crippen LogP contribution in [0, 0.1) is 5.92 Å². The van der Waals surface area contributed by atoms with Gasteiger partial charge in [0.05, 0.1) is 12.2 Å². The van der Waals surface area contributed by atoms with Crippen LogP contribution in [-0.2, 0) is 4.79 Å². The average Bonchev–Trinajstić information content (AvgIpc) is 2.97. The third-order valence-electron chi connectivity index (χ3n) is 4.48. The van der Waals surface area contributed by atoms with Gasteiger partial charge in [0.15, 0.2) is 0 Å². The summed E-state index contributed by atoms with van der Waals surface area (Å²) in [7, 11) is 0. The molecule has 122 valence electrons. The maximum atomic E-state index is 12.6. The number of β-amino-alcohol motifs (C(OH)–C–C–N with tert-alkyl or cyclic N) is 1. The molecule has 7 nitrogen and oxygen atoms in total. The van der Waals surface area contributed by atoms with Crippen molar-refractivity contribution in [3.63, 3.8) is 0 Å². The monoisotopic (exact) mass is 326 g/mol. The van der Waals surface area contributed by atoms with Crippen LogP contribution < -0.4 is 4.90 Å². The number of carbonyl (C=O) groups is 1. The molecular formula is C14H22N4O3S. The van der Waals surface area contributed by atoms with Gasteiger partial charge in [-0.05, 0) is 25.7 Å².